The normalized spacial score (nSPS) is 9.72. The summed E-state index contributed by atoms with van der Waals surface area (Å²) in [7, 11) is 0. The maximum absolute atomic E-state index is 13.0. The highest BCUT2D eigenvalue weighted by Crippen LogP contribution is 2.25. The van der Waals surface area contributed by atoms with Crippen molar-refractivity contribution in [2.45, 2.75) is 13.5 Å². The Kier molecular flexibility index (Phi) is 5.13. The molecule has 0 aliphatic rings. The Labute approximate surface area is 112 Å². The number of hydrogen-bond acceptors (Lipinski definition) is 2. The molecule has 0 aromatic heterocycles. The van der Waals surface area contributed by atoms with Gasteiger partial charge in [-0.3, -0.25) is 0 Å². The van der Waals surface area contributed by atoms with E-state index in [-0.39, 0.29) is 18.2 Å². The van der Waals surface area contributed by atoms with Crippen molar-refractivity contribution in [1.29, 1.82) is 0 Å². The van der Waals surface area contributed by atoms with Gasteiger partial charge in [0.05, 0.1) is 0 Å². The van der Waals surface area contributed by atoms with E-state index in [1.165, 1.54) is 12.1 Å². The van der Waals surface area contributed by atoms with Crippen LogP contribution in [0.2, 0.25) is 0 Å². The van der Waals surface area contributed by atoms with Crippen LogP contribution in [0.4, 0.5) is 4.39 Å². The lowest BCUT2D eigenvalue weighted by atomic mass is 10.1. The van der Waals surface area contributed by atoms with Crippen LogP contribution in [0, 0.1) is 12.7 Å². The Hall–Kier alpha value is -1.58. The van der Waals surface area contributed by atoms with Crippen LogP contribution in [0.15, 0.2) is 42.5 Å². The second-order valence-corrected chi connectivity index (χ2v) is 3.86. The molecule has 2 nitrogen and oxygen atoms in total. The van der Waals surface area contributed by atoms with Crippen molar-refractivity contribution in [2.75, 3.05) is 0 Å². The Morgan fingerprint density at radius 2 is 1.94 bits per heavy atom. The van der Waals surface area contributed by atoms with Gasteiger partial charge in [-0.05, 0) is 36.2 Å². The van der Waals surface area contributed by atoms with E-state index >= 15 is 0 Å². The van der Waals surface area contributed by atoms with E-state index in [1.54, 1.807) is 12.1 Å². The minimum atomic E-state index is -0.307. The fourth-order valence-electron chi connectivity index (χ4n) is 1.61. The van der Waals surface area contributed by atoms with Gasteiger partial charge in [0.25, 0.3) is 0 Å². The van der Waals surface area contributed by atoms with Crippen molar-refractivity contribution in [3.05, 3.63) is 59.4 Å². The summed E-state index contributed by atoms with van der Waals surface area (Å²) in [5.74, 6) is 0.903. The maximum atomic E-state index is 13.0. The monoisotopic (exact) mass is 267 g/mol. The first kappa shape index (κ1) is 14.5. The van der Waals surface area contributed by atoms with Gasteiger partial charge in [-0.2, -0.15) is 0 Å². The second kappa shape index (κ2) is 6.38. The summed E-state index contributed by atoms with van der Waals surface area (Å²) < 4.78 is 18.6. The van der Waals surface area contributed by atoms with E-state index in [0.717, 1.165) is 11.1 Å². The highest BCUT2D eigenvalue weighted by Gasteiger charge is 2.03. The lowest BCUT2D eigenvalue weighted by Crippen LogP contribution is -1.97. The molecule has 0 unspecified atom stereocenters. The number of halogens is 2. The van der Waals surface area contributed by atoms with Gasteiger partial charge in [-0.1, -0.05) is 18.2 Å². The molecule has 0 aliphatic heterocycles. The number of rotatable bonds is 3. The van der Waals surface area contributed by atoms with Gasteiger partial charge >= 0.3 is 0 Å². The summed E-state index contributed by atoms with van der Waals surface area (Å²) in [5.41, 5.74) is 7.58. The highest BCUT2D eigenvalue weighted by molar-refractivity contribution is 5.85. The van der Waals surface area contributed by atoms with Gasteiger partial charge in [0.2, 0.25) is 0 Å². The largest absolute Gasteiger partial charge is 0.457 e. The predicted octanol–water partition coefficient (Wildman–Crippen LogP) is 3.81. The van der Waals surface area contributed by atoms with E-state index in [1.807, 2.05) is 25.1 Å². The molecule has 0 saturated heterocycles. The maximum Gasteiger partial charge on any atom is 0.130 e. The summed E-state index contributed by atoms with van der Waals surface area (Å²) in [5, 5.41) is 0. The fourth-order valence-corrected chi connectivity index (χ4v) is 1.61. The number of ether oxygens (including phenoxy) is 1. The van der Waals surface area contributed by atoms with Crippen LogP contribution in [0.5, 0.6) is 11.5 Å². The lowest BCUT2D eigenvalue weighted by molar-refractivity contribution is 0.473. The smallest absolute Gasteiger partial charge is 0.130 e. The van der Waals surface area contributed by atoms with Gasteiger partial charge in [0.15, 0.2) is 0 Å². The topological polar surface area (TPSA) is 35.2 Å². The average Bonchev–Trinajstić information content (AvgIpc) is 2.32. The van der Waals surface area contributed by atoms with Gasteiger partial charge < -0.3 is 10.5 Å². The Morgan fingerprint density at radius 3 is 2.56 bits per heavy atom. The summed E-state index contributed by atoms with van der Waals surface area (Å²) in [6.45, 7) is 2.44. The first-order valence-corrected chi connectivity index (χ1v) is 5.42. The van der Waals surface area contributed by atoms with Crippen LogP contribution >= 0.6 is 12.4 Å². The molecule has 0 fully saturated rings. The summed E-state index contributed by atoms with van der Waals surface area (Å²) in [4.78, 5) is 0. The molecule has 0 bridgehead atoms. The van der Waals surface area contributed by atoms with Crippen LogP contribution in [0.1, 0.15) is 11.1 Å². The van der Waals surface area contributed by atoms with Crippen molar-refractivity contribution in [1.82, 2.24) is 0 Å². The lowest BCUT2D eigenvalue weighted by Gasteiger charge is -2.09. The molecule has 4 heteroatoms. The van der Waals surface area contributed by atoms with Crippen LogP contribution in [-0.4, -0.2) is 0 Å². The number of benzene rings is 2. The molecule has 2 N–H and O–H groups in total. The summed E-state index contributed by atoms with van der Waals surface area (Å²) in [6.07, 6.45) is 0. The van der Waals surface area contributed by atoms with Crippen LogP contribution in [0.25, 0.3) is 0 Å². The Bertz CT molecular complexity index is 531. The minimum absolute atomic E-state index is 0. The zero-order valence-corrected chi connectivity index (χ0v) is 10.8. The van der Waals surface area contributed by atoms with Crippen molar-refractivity contribution in [3.8, 4) is 11.5 Å². The molecule has 0 radical (unpaired) electrons. The Morgan fingerprint density at radius 1 is 1.17 bits per heavy atom. The summed E-state index contributed by atoms with van der Waals surface area (Å²) >= 11 is 0. The molecule has 18 heavy (non-hydrogen) atoms. The van der Waals surface area contributed by atoms with E-state index in [4.69, 9.17) is 10.5 Å². The summed E-state index contributed by atoms with van der Waals surface area (Å²) in [6, 6.07) is 11.8. The Balaban J connectivity index is 0.00000162. The molecule has 2 aromatic carbocycles. The quantitative estimate of drug-likeness (QED) is 0.918. The van der Waals surface area contributed by atoms with Crippen LogP contribution < -0.4 is 10.5 Å². The van der Waals surface area contributed by atoms with Gasteiger partial charge in [0.1, 0.15) is 17.3 Å². The van der Waals surface area contributed by atoms with E-state index in [9.17, 15) is 4.39 Å². The molecule has 2 aromatic rings. The molecular weight excluding hydrogens is 253 g/mol. The van der Waals surface area contributed by atoms with Crippen molar-refractivity contribution in [2.24, 2.45) is 5.73 Å². The van der Waals surface area contributed by atoms with Gasteiger partial charge in [0, 0.05) is 12.6 Å². The zero-order chi connectivity index (χ0) is 12.3. The number of aryl methyl sites for hydroxylation is 1. The van der Waals surface area contributed by atoms with E-state index in [0.29, 0.717) is 18.0 Å². The molecule has 0 spiro atoms. The van der Waals surface area contributed by atoms with Gasteiger partial charge in [-0.25, -0.2) is 4.39 Å². The molecular formula is C14H15ClFNO. The first-order chi connectivity index (χ1) is 8.19. The zero-order valence-electron chi connectivity index (χ0n) is 10.0. The molecule has 2 rings (SSSR count). The number of nitrogens with two attached hydrogens (primary N) is 1. The molecule has 0 amide bonds. The molecule has 96 valence electrons. The number of hydrogen-bond donors (Lipinski definition) is 1. The third-order valence-electron chi connectivity index (χ3n) is 2.50. The van der Waals surface area contributed by atoms with Crippen LogP contribution in [-0.2, 0) is 6.54 Å². The molecule has 0 saturated carbocycles. The second-order valence-electron chi connectivity index (χ2n) is 3.86. The third-order valence-corrected chi connectivity index (χ3v) is 2.50. The minimum Gasteiger partial charge on any atom is -0.457 e. The van der Waals surface area contributed by atoms with Crippen molar-refractivity contribution < 1.29 is 9.13 Å². The highest BCUT2D eigenvalue weighted by atomic mass is 35.5. The molecule has 0 aliphatic carbocycles. The van der Waals surface area contributed by atoms with Crippen LogP contribution in [0.3, 0.4) is 0 Å². The average molecular weight is 268 g/mol. The molecule has 0 atom stereocenters. The SMILES string of the molecule is Cc1cc(CN)ccc1Oc1cccc(F)c1.Cl. The third kappa shape index (κ3) is 3.45. The fraction of sp³-hybridized carbons (Fsp3) is 0.143. The van der Waals surface area contributed by atoms with Gasteiger partial charge in [-0.15, -0.1) is 12.4 Å². The van der Waals surface area contributed by atoms with Crippen molar-refractivity contribution >= 4 is 12.4 Å². The predicted molar refractivity (Wildman–Crippen MR) is 72.8 cm³/mol. The standard InChI is InChI=1S/C14H14FNO.ClH/c1-10-7-11(9-16)5-6-14(10)17-13-4-2-3-12(15)8-13;/h2-8H,9,16H2,1H3;1H. The van der Waals surface area contributed by atoms with E-state index in [2.05, 4.69) is 0 Å². The first-order valence-electron chi connectivity index (χ1n) is 5.42. The van der Waals surface area contributed by atoms with E-state index < -0.39 is 0 Å². The van der Waals surface area contributed by atoms with Crippen molar-refractivity contribution in [3.63, 3.8) is 0 Å². The molecule has 0 heterocycles.